The Bertz CT molecular complexity index is 1850. The third-order valence-electron chi connectivity index (χ3n) is 8.56. The lowest BCUT2D eigenvalue weighted by molar-refractivity contribution is 0.0488. The van der Waals surface area contributed by atoms with Crippen molar-refractivity contribution in [1.82, 2.24) is 9.13 Å². The Hall–Kier alpha value is -4.08. The van der Waals surface area contributed by atoms with Gasteiger partial charge in [0.25, 0.3) is 0 Å². The number of aromatic nitrogens is 2. The molecule has 2 aliphatic heterocycles. The topological polar surface area (TPSA) is 63.1 Å². The SMILES string of the molecule is [C-]#[N+]c1ccc2c(c1)c(-c1cccc(N)c1)cn2CC1CCCOC1.[C-]#[N+]c1ccc2c(c1)c(Br)cn2CC1CCCOC1. The van der Waals surface area contributed by atoms with E-state index in [0.717, 1.165) is 89.9 Å². The highest BCUT2D eigenvalue weighted by Gasteiger charge is 2.19. The number of anilines is 1. The Morgan fingerprint density at radius 2 is 1.36 bits per heavy atom. The molecule has 8 heteroatoms. The quantitative estimate of drug-likeness (QED) is 0.152. The highest BCUT2D eigenvalue weighted by molar-refractivity contribution is 9.10. The van der Waals surface area contributed by atoms with E-state index in [0.29, 0.717) is 23.2 Å². The van der Waals surface area contributed by atoms with E-state index >= 15 is 0 Å². The molecule has 2 fully saturated rings. The lowest BCUT2D eigenvalue weighted by Crippen LogP contribution is -2.21. The monoisotopic (exact) mass is 649 g/mol. The van der Waals surface area contributed by atoms with Gasteiger partial charge < -0.3 is 24.3 Å². The second-order valence-electron chi connectivity index (χ2n) is 11.7. The van der Waals surface area contributed by atoms with Crippen molar-refractivity contribution in [2.45, 2.75) is 38.8 Å². The molecule has 2 saturated heterocycles. The van der Waals surface area contributed by atoms with Crippen molar-refractivity contribution in [2.24, 2.45) is 11.8 Å². The average Bonchev–Trinajstić information content (AvgIpc) is 3.58. The largest absolute Gasteiger partial charge is 0.399 e. The van der Waals surface area contributed by atoms with Crippen LogP contribution in [-0.2, 0) is 22.6 Å². The summed E-state index contributed by atoms with van der Waals surface area (Å²) in [4.78, 5) is 7.08. The van der Waals surface area contributed by atoms with Crippen molar-refractivity contribution >= 4 is 54.8 Å². The van der Waals surface area contributed by atoms with E-state index in [4.69, 9.17) is 28.4 Å². The maximum Gasteiger partial charge on any atom is 0.188 e. The number of fused-ring (bicyclic) bond motifs is 2. The van der Waals surface area contributed by atoms with E-state index in [1.54, 1.807) is 0 Å². The van der Waals surface area contributed by atoms with E-state index < -0.39 is 0 Å². The molecule has 2 atom stereocenters. The van der Waals surface area contributed by atoms with Crippen LogP contribution in [-0.4, -0.2) is 35.6 Å². The number of hydrogen-bond donors (Lipinski definition) is 1. The zero-order valence-electron chi connectivity index (χ0n) is 24.7. The van der Waals surface area contributed by atoms with Gasteiger partial charge in [0, 0.05) is 82.7 Å². The average molecular weight is 651 g/mol. The van der Waals surface area contributed by atoms with E-state index in [1.165, 1.54) is 18.4 Å². The molecule has 3 aromatic carbocycles. The van der Waals surface area contributed by atoms with E-state index in [2.05, 4.69) is 59.3 Å². The number of nitrogens with two attached hydrogens (primary N) is 1. The summed E-state index contributed by atoms with van der Waals surface area (Å²) in [5, 5.41) is 2.22. The second-order valence-corrected chi connectivity index (χ2v) is 12.6. The van der Waals surface area contributed by atoms with Gasteiger partial charge in [0.15, 0.2) is 11.4 Å². The molecule has 2 aromatic heterocycles. The summed E-state index contributed by atoms with van der Waals surface area (Å²) in [5.41, 5.74) is 12.6. The van der Waals surface area contributed by atoms with Crippen LogP contribution in [0.5, 0.6) is 0 Å². The molecule has 0 bridgehead atoms. The van der Waals surface area contributed by atoms with Gasteiger partial charge in [-0.3, -0.25) is 0 Å². The molecule has 44 heavy (non-hydrogen) atoms. The van der Waals surface area contributed by atoms with Crippen LogP contribution in [0.2, 0.25) is 0 Å². The molecule has 0 aliphatic carbocycles. The number of rotatable bonds is 5. The van der Waals surface area contributed by atoms with Gasteiger partial charge in [-0.15, -0.1) is 0 Å². The third-order valence-corrected chi connectivity index (χ3v) is 9.19. The summed E-state index contributed by atoms with van der Waals surface area (Å²) in [7, 11) is 0. The second kappa shape index (κ2) is 13.7. The van der Waals surface area contributed by atoms with Crippen molar-refractivity contribution in [2.75, 3.05) is 32.2 Å². The molecule has 0 saturated carbocycles. The normalized spacial score (nSPS) is 18.3. The number of hydrogen-bond acceptors (Lipinski definition) is 3. The molecule has 224 valence electrons. The predicted molar refractivity (Wildman–Crippen MR) is 181 cm³/mol. The first-order valence-corrected chi connectivity index (χ1v) is 16.0. The van der Waals surface area contributed by atoms with Crippen LogP contribution in [0.1, 0.15) is 25.7 Å². The number of halogens is 1. The lowest BCUT2D eigenvalue weighted by Gasteiger charge is -2.22. The van der Waals surface area contributed by atoms with Crippen LogP contribution < -0.4 is 5.73 Å². The molecule has 0 radical (unpaired) electrons. The van der Waals surface area contributed by atoms with Gasteiger partial charge in [0.05, 0.1) is 26.4 Å². The number of nitrogens with zero attached hydrogens (tertiary/aromatic N) is 4. The highest BCUT2D eigenvalue weighted by atomic mass is 79.9. The molecule has 0 spiro atoms. The Balaban J connectivity index is 0.000000162. The van der Waals surface area contributed by atoms with Crippen LogP contribution in [0.3, 0.4) is 0 Å². The van der Waals surface area contributed by atoms with Crippen molar-refractivity contribution in [1.29, 1.82) is 0 Å². The van der Waals surface area contributed by atoms with Crippen molar-refractivity contribution in [3.05, 3.63) is 100 Å². The molecule has 2 N–H and O–H groups in total. The molecule has 7 rings (SSSR count). The zero-order valence-corrected chi connectivity index (χ0v) is 26.3. The van der Waals surface area contributed by atoms with Crippen LogP contribution in [0.4, 0.5) is 17.1 Å². The van der Waals surface area contributed by atoms with Gasteiger partial charge in [-0.25, -0.2) is 9.69 Å². The fourth-order valence-electron chi connectivity index (χ4n) is 6.36. The summed E-state index contributed by atoms with van der Waals surface area (Å²) in [6, 6.07) is 19.7. The fourth-order valence-corrected chi connectivity index (χ4v) is 6.93. The van der Waals surface area contributed by atoms with Gasteiger partial charge in [0.2, 0.25) is 0 Å². The van der Waals surface area contributed by atoms with E-state index in [9.17, 15) is 0 Å². The zero-order chi connectivity index (χ0) is 30.5. The van der Waals surface area contributed by atoms with Crippen molar-refractivity contribution in [3.63, 3.8) is 0 Å². The highest BCUT2D eigenvalue weighted by Crippen LogP contribution is 2.35. The minimum atomic E-state index is 0.540. The molecule has 5 aromatic rings. The maximum absolute atomic E-state index is 7.32. The molecular weight excluding hydrogens is 614 g/mol. The van der Waals surface area contributed by atoms with Crippen LogP contribution in [0.15, 0.2) is 77.5 Å². The van der Waals surface area contributed by atoms with Gasteiger partial charge in [0.1, 0.15) is 0 Å². The van der Waals surface area contributed by atoms with Crippen LogP contribution in [0, 0.1) is 25.0 Å². The molecule has 2 unspecified atom stereocenters. The first-order chi connectivity index (χ1) is 21.5. The molecular formula is C36H36BrN5O2. The van der Waals surface area contributed by atoms with Crippen LogP contribution in [0.25, 0.3) is 42.6 Å². The summed E-state index contributed by atoms with van der Waals surface area (Å²) in [6.45, 7) is 19.8. The molecule has 7 nitrogen and oxygen atoms in total. The lowest BCUT2D eigenvalue weighted by atomic mass is 10.0. The first-order valence-electron chi connectivity index (χ1n) is 15.2. The van der Waals surface area contributed by atoms with E-state index in [1.807, 2.05) is 48.5 Å². The van der Waals surface area contributed by atoms with Gasteiger partial charge in [-0.2, -0.15) is 0 Å². The van der Waals surface area contributed by atoms with Crippen molar-refractivity contribution in [3.8, 4) is 11.1 Å². The standard InChI is InChI=1S/C21H21N3O.C15H15BrN2O/c1-23-18-7-8-21-19(11-18)20(16-5-2-6-17(22)10-16)13-24(21)12-15-4-3-9-25-14-15;1-17-12-4-5-15-13(7-12)14(16)9-18(15)8-11-3-2-6-19-10-11/h2,5-8,10-11,13,15H,3-4,9,12,14,22H2;4-5,7,9,11H,2-3,6,8,10H2. The maximum atomic E-state index is 7.32. The first kappa shape index (κ1) is 30.0. The number of benzene rings is 3. The van der Waals surface area contributed by atoms with Gasteiger partial charge >= 0.3 is 0 Å². The van der Waals surface area contributed by atoms with Gasteiger partial charge in [-0.05, 0) is 89.0 Å². The molecule has 0 amide bonds. The van der Waals surface area contributed by atoms with Crippen LogP contribution >= 0.6 is 15.9 Å². The Labute approximate surface area is 266 Å². The Morgan fingerprint density at radius 3 is 1.93 bits per heavy atom. The Kier molecular flexibility index (Phi) is 9.33. The summed E-state index contributed by atoms with van der Waals surface area (Å²) in [6.07, 6.45) is 9.04. The summed E-state index contributed by atoms with van der Waals surface area (Å²) in [5.74, 6) is 1.13. The minimum Gasteiger partial charge on any atom is -0.399 e. The fraction of sp³-hybridized carbons (Fsp3) is 0.333. The summed E-state index contributed by atoms with van der Waals surface area (Å²) >= 11 is 3.59. The van der Waals surface area contributed by atoms with E-state index in [-0.39, 0.29) is 0 Å². The number of ether oxygens (including phenoxy) is 2. The van der Waals surface area contributed by atoms with Gasteiger partial charge in [-0.1, -0.05) is 24.3 Å². The van der Waals surface area contributed by atoms with Crippen molar-refractivity contribution < 1.29 is 9.47 Å². The number of nitrogen functional groups attached to an aromatic ring is 1. The smallest absolute Gasteiger partial charge is 0.188 e. The predicted octanol–water partition coefficient (Wildman–Crippen LogP) is 9.25. The molecule has 2 aliphatic rings. The molecule has 4 heterocycles. The Morgan fingerprint density at radius 1 is 0.773 bits per heavy atom. The third kappa shape index (κ3) is 6.69. The minimum absolute atomic E-state index is 0.540. The summed E-state index contributed by atoms with van der Waals surface area (Å²) < 4.78 is 16.8.